The number of nitrogens with one attached hydrogen (secondary N) is 2. The fraction of sp³-hybridized carbons (Fsp3) is 0.462. The Balaban J connectivity index is 0.00000220. The number of hydrogen-bond donors (Lipinski definition) is 2. The summed E-state index contributed by atoms with van der Waals surface area (Å²) in [6.45, 7) is 4.46. The first-order valence-electron chi connectivity index (χ1n) is 6.37. The topological polar surface area (TPSA) is 71.8 Å². The second-order valence-electron chi connectivity index (χ2n) is 4.64. The zero-order chi connectivity index (χ0) is 14.7. The highest BCUT2D eigenvalue weighted by atomic mass is 35.5. The van der Waals surface area contributed by atoms with E-state index in [1.54, 1.807) is 29.3 Å². The predicted molar refractivity (Wildman–Crippen MR) is 92.9 cm³/mol. The molecule has 1 unspecified atom stereocenters. The van der Waals surface area contributed by atoms with E-state index in [0.29, 0.717) is 6.54 Å². The summed E-state index contributed by atoms with van der Waals surface area (Å²) < 4.78 is 1.68. The van der Waals surface area contributed by atoms with Crippen molar-refractivity contribution in [1.82, 2.24) is 25.4 Å². The molecule has 0 aliphatic carbocycles. The van der Waals surface area contributed by atoms with Gasteiger partial charge in [0.1, 0.15) is 11.0 Å². The Hall–Kier alpha value is -1.15. The van der Waals surface area contributed by atoms with Crippen molar-refractivity contribution in [3.63, 3.8) is 0 Å². The van der Waals surface area contributed by atoms with Crippen LogP contribution in [0, 0.1) is 13.8 Å². The van der Waals surface area contributed by atoms with Gasteiger partial charge >= 0.3 is 0 Å². The van der Waals surface area contributed by atoms with Gasteiger partial charge in [0.15, 0.2) is 0 Å². The van der Waals surface area contributed by atoms with Crippen molar-refractivity contribution in [3.8, 4) is 0 Å². The maximum atomic E-state index is 12.2. The molecule has 9 heteroatoms. The number of rotatable bonds is 5. The van der Waals surface area contributed by atoms with Crippen molar-refractivity contribution in [2.75, 3.05) is 7.05 Å². The zero-order valence-corrected chi connectivity index (χ0v) is 15.4. The number of nitrogens with zero attached hydrogens (tertiary/aromatic N) is 3. The highest BCUT2D eigenvalue weighted by Gasteiger charge is 2.20. The van der Waals surface area contributed by atoms with Crippen LogP contribution in [0.3, 0.4) is 0 Å². The van der Waals surface area contributed by atoms with Crippen LogP contribution in [0.2, 0.25) is 0 Å². The van der Waals surface area contributed by atoms with Crippen LogP contribution < -0.4 is 10.6 Å². The SMILES string of the molecule is CNC(C(=O)NCc1nc(C)c(C)s1)c1cnn(C)c1.Cl.Cl. The smallest absolute Gasteiger partial charge is 0.242 e. The molecule has 0 saturated carbocycles. The number of halogens is 2. The van der Waals surface area contributed by atoms with E-state index >= 15 is 0 Å². The van der Waals surface area contributed by atoms with Gasteiger partial charge in [-0.25, -0.2) is 4.98 Å². The zero-order valence-electron chi connectivity index (χ0n) is 12.9. The van der Waals surface area contributed by atoms with E-state index in [1.807, 2.05) is 27.1 Å². The Morgan fingerprint density at radius 1 is 1.41 bits per heavy atom. The van der Waals surface area contributed by atoms with E-state index in [4.69, 9.17) is 0 Å². The minimum absolute atomic E-state index is 0. The first-order valence-corrected chi connectivity index (χ1v) is 7.19. The molecule has 2 heterocycles. The molecule has 0 aromatic carbocycles. The van der Waals surface area contributed by atoms with Crippen molar-refractivity contribution in [2.45, 2.75) is 26.4 Å². The van der Waals surface area contributed by atoms with Crippen LogP contribution in [0.25, 0.3) is 0 Å². The Morgan fingerprint density at radius 2 is 2.09 bits per heavy atom. The summed E-state index contributed by atoms with van der Waals surface area (Å²) in [7, 11) is 3.59. The molecule has 0 spiro atoms. The van der Waals surface area contributed by atoms with Crippen molar-refractivity contribution in [3.05, 3.63) is 33.5 Å². The summed E-state index contributed by atoms with van der Waals surface area (Å²) in [5.74, 6) is -0.0778. The van der Waals surface area contributed by atoms with Gasteiger partial charge in [0.25, 0.3) is 0 Å². The van der Waals surface area contributed by atoms with E-state index in [-0.39, 0.29) is 30.7 Å². The Bertz CT molecular complexity index is 594. The van der Waals surface area contributed by atoms with Gasteiger partial charge in [0.05, 0.1) is 18.4 Å². The van der Waals surface area contributed by atoms with Crippen molar-refractivity contribution < 1.29 is 4.79 Å². The average Bonchev–Trinajstić information content (AvgIpc) is 2.95. The predicted octanol–water partition coefficient (Wildman–Crippen LogP) is 1.91. The van der Waals surface area contributed by atoms with Gasteiger partial charge in [-0.15, -0.1) is 36.2 Å². The molecule has 2 N–H and O–H groups in total. The van der Waals surface area contributed by atoms with Gasteiger partial charge in [-0.2, -0.15) is 5.10 Å². The van der Waals surface area contributed by atoms with Gasteiger partial charge in [-0.05, 0) is 20.9 Å². The fourth-order valence-electron chi connectivity index (χ4n) is 1.92. The molecule has 124 valence electrons. The van der Waals surface area contributed by atoms with Crippen LogP contribution in [0.15, 0.2) is 12.4 Å². The van der Waals surface area contributed by atoms with Crippen LogP contribution in [0.5, 0.6) is 0 Å². The van der Waals surface area contributed by atoms with Gasteiger partial charge < -0.3 is 10.6 Å². The molecule has 2 aromatic heterocycles. The van der Waals surface area contributed by atoms with Crippen molar-refractivity contribution in [2.24, 2.45) is 7.05 Å². The molecule has 1 amide bonds. The Labute approximate surface area is 146 Å². The van der Waals surface area contributed by atoms with Gasteiger partial charge in [-0.3, -0.25) is 9.48 Å². The van der Waals surface area contributed by atoms with Gasteiger partial charge in [0.2, 0.25) is 5.91 Å². The lowest BCUT2D eigenvalue weighted by molar-refractivity contribution is -0.123. The number of carbonyl (C=O) groups excluding carboxylic acids is 1. The van der Waals surface area contributed by atoms with E-state index in [2.05, 4.69) is 20.7 Å². The lowest BCUT2D eigenvalue weighted by Gasteiger charge is -2.13. The fourth-order valence-corrected chi connectivity index (χ4v) is 2.79. The second-order valence-corrected chi connectivity index (χ2v) is 5.92. The number of thiazole rings is 1. The third-order valence-electron chi connectivity index (χ3n) is 3.10. The normalized spacial score (nSPS) is 11.3. The molecule has 0 saturated heterocycles. The van der Waals surface area contributed by atoms with Crippen LogP contribution in [0.1, 0.15) is 27.2 Å². The Kier molecular flexibility index (Phi) is 8.62. The first kappa shape index (κ1) is 20.9. The summed E-state index contributed by atoms with van der Waals surface area (Å²) in [4.78, 5) is 17.8. The minimum Gasteiger partial charge on any atom is -0.348 e. The van der Waals surface area contributed by atoms with Crippen LogP contribution in [-0.4, -0.2) is 27.7 Å². The molecule has 0 bridgehead atoms. The molecule has 0 fully saturated rings. The van der Waals surface area contributed by atoms with Crippen molar-refractivity contribution >= 4 is 42.1 Å². The quantitative estimate of drug-likeness (QED) is 0.848. The lowest BCUT2D eigenvalue weighted by atomic mass is 10.1. The highest BCUT2D eigenvalue weighted by Crippen LogP contribution is 2.17. The van der Waals surface area contributed by atoms with Crippen LogP contribution >= 0.6 is 36.2 Å². The van der Waals surface area contributed by atoms with E-state index in [0.717, 1.165) is 16.3 Å². The highest BCUT2D eigenvalue weighted by molar-refractivity contribution is 7.11. The molecule has 0 aliphatic rings. The molecule has 1 atom stereocenters. The van der Waals surface area contributed by atoms with Crippen LogP contribution in [-0.2, 0) is 18.4 Å². The number of aromatic nitrogens is 3. The molecular formula is C13H21Cl2N5OS. The summed E-state index contributed by atoms with van der Waals surface area (Å²) in [6.07, 6.45) is 3.52. The van der Waals surface area contributed by atoms with Crippen LogP contribution in [0.4, 0.5) is 0 Å². The maximum Gasteiger partial charge on any atom is 0.242 e. The number of carbonyl (C=O) groups is 1. The number of likely N-dealkylation sites (N-methyl/N-ethyl adjacent to an activating group) is 1. The monoisotopic (exact) mass is 365 g/mol. The van der Waals surface area contributed by atoms with E-state index < -0.39 is 6.04 Å². The van der Waals surface area contributed by atoms with Gasteiger partial charge in [0, 0.05) is 23.7 Å². The molecule has 0 aliphatic heterocycles. The molecular weight excluding hydrogens is 345 g/mol. The molecule has 2 aromatic rings. The number of aryl methyl sites for hydroxylation is 3. The molecule has 2 rings (SSSR count). The Morgan fingerprint density at radius 3 is 2.55 bits per heavy atom. The van der Waals surface area contributed by atoms with Crippen molar-refractivity contribution in [1.29, 1.82) is 0 Å². The minimum atomic E-state index is -0.397. The lowest BCUT2D eigenvalue weighted by Crippen LogP contribution is -2.35. The molecule has 22 heavy (non-hydrogen) atoms. The summed E-state index contributed by atoms with van der Waals surface area (Å²) in [5, 5.41) is 10.9. The van der Waals surface area contributed by atoms with E-state index in [9.17, 15) is 4.79 Å². The van der Waals surface area contributed by atoms with Gasteiger partial charge in [-0.1, -0.05) is 0 Å². The number of hydrogen-bond acceptors (Lipinski definition) is 5. The number of amides is 1. The molecule has 0 radical (unpaired) electrons. The molecule has 6 nitrogen and oxygen atoms in total. The third kappa shape index (κ3) is 4.95. The first-order chi connectivity index (χ1) is 9.51. The second kappa shape index (κ2) is 9.09. The third-order valence-corrected chi connectivity index (χ3v) is 4.17. The maximum absolute atomic E-state index is 12.2. The average molecular weight is 366 g/mol. The summed E-state index contributed by atoms with van der Waals surface area (Å²) in [6, 6.07) is -0.397. The summed E-state index contributed by atoms with van der Waals surface area (Å²) >= 11 is 1.61. The largest absolute Gasteiger partial charge is 0.348 e. The van der Waals surface area contributed by atoms with E-state index in [1.165, 1.54) is 4.88 Å². The summed E-state index contributed by atoms with van der Waals surface area (Å²) in [5.41, 5.74) is 1.87. The standard InChI is InChI=1S/C13H19N5OS.2ClH/c1-8-9(2)20-11(17-8)6-15-13(19)12(14-3)10-5-16-18(4)7-10;;/h5,7,12,14H,6H2,1-4H3,(H,15,19);2*1H.